The summed E-state index contributed by atoms with van der Waals surface area (Å²) in [5.41, 5.74) is 1.16. The number of carbonyl (C=O) groups is 2. The standard InChI is InChI=1S/C27H32N4O4/c1-26(2,3)23-15-21-24(32)31(20-13-12-19(34-5)14-22(20)35-6)27(4,17-30(21)29-23)25(33)28-16-18-10-8-7-9-11-18/h7-15H,16-17H2,1-6H3,(H,28,33). The molecular formula is C27H32N4O4. The van der Waals surface area contributed by atoms with Gasteiger partial charge in [-0.15, -0.1) is 0 Å². The van der Waals surface area contributed by atoms with Crippen molar-refractivity contribution in [2.24, 2.45) is 0 Å². The molecule has 0 radical (unpaired) electrons. The number of rotatable bonds is 6. The number of ether oxygens (including phenoxy) is 2. The Balaban J connectivity index is 1.80. The third-order valence-corrected chi connectivity index (χ3v) is 6.33. The summed E-state index contributed by atoms with van der Waals surface area (Å²) in [5.74, 6) is 0.417. The molecule has 1 aromatic heterocycles. The van der Waals surface area contributed by atoms with E-state index in [1.165, 1.54) is 12.0 Å². The molecule has 2 amide bonds. The van der Waals surface area contributed by atoms with Gasteiger partial charge in [0, 0.05) is 18.0 Å². The van der Waals surface area contributed by atoms with E-state index in [1.54, 1.807) is 36.9 Å². The van der Waals surface area contributed by atoms with E-state index in [2.05, 4.69) is 5.32 Å². The summed E-state index contributed by atoms with van der Waals surface area (Å²) in [6.45, 7) is 8.43. The minimum Gasteiger partial charge on any atom is -0.497 e. The van der Waals surface area contributed by atoms with E-state index in [9.17, 15) is 9.59 Å². The number of nitrogens with one attached hydrogen (secondary N) is 1. The third-order valence-electron chi connectivity index (χ3n) is 6.33. The Morgan fingerprint density at radius 3 is 2.43 bits per heavy atom. The van der Waals surface area contributed by atoms with Crippen LogP contribution in [-0.2, 0) is 23.3 Å². The van der Waals surface area contributed by atoms with Gasteiger partial charge in [0.15, 0.2) is 0 Å². The number of hydrogen-bond donors (Lipinski definition) is 1. The average molecular weight is 477 g/mol. The summed E-state index contributed by atoms with van der Waals surface area (Å²) in [7, 11) is 3.09. The number of fused-ring (bicyclic) bond motifs is 1. The molecule has 1 aliphatic rings. The van der Waals surface area contributed by atoms with Gasteiger partial charge in [-0.1, -0.05) is 51.1 Å². The van der Waals surface area contributed by atoms with Crippen LogP contribution in [0.1, 0.15) is 49.4 Å². The zero-order chi connectivity index (χ0) is 25.4. The van der Waals surface area contributed by atoms with Crippen molar-refractivity contribution in [2.75, 3.05) is 19.1 Å². The lowest BCUT2D eigenvalue weighted by Crippen LogP contribution is -2.64. The van der Waals surface area contributed by atoms with Crippen LogP contribution in [0.3, 0.4) is 0 Å². The van der Waals surface area contributed by atoms with Crippen LogP contribution in [0.4, 0.5) is 5.69 Å². The van der Waals surface area contributed by atoms with Gasteiger partial charge in [0.2, 0.25) is 5.91 Å². The number of aromatic nitrogens is 2. The Morgan fingerprint density at radius 1 is 1.09 bits per heavy atom. The zero-order valence-corrected chi connectivity index (χ0v) is 21.1. The van der Waals surface area contributed by atoms with E-state index >= 15 is 0 Å². The van der Waals surface area contributed by atoms with E-state index in [-0.39, 0.29) is 23.8 Å². The summed E-state index contributed by atoms with van der Waals surface area (Å²) in [4.78, 5) is 29.2. The second-order valence-electron chi connectivity index (χ2n) is 9.94. The molecule has 2 aromatic carbocycles. The van der Waals surface area contributed by atoms with Crippen molar-refractivity contribution in [2.45, 2.75) is 51.7 Å². The van der Waals surface area contributed by atoms with Crippen molar-refractivity contribution >= 4 is 17.5 Å². The van der Waals surface area contributed by atoms with Gasteiger partial charge in [-0.3, -0.25) is 19.2 Å². The van der Waals surface area contributed by atoms with Crippen LogP contribution in [0.2, 0.25) is 0 Å². The molecule has 1 unspecified atom stereocenters. The quantitative estimate of drug-likeness (QED) is 0.583. The Kier molecular flexibility index (Phi) is 6.32. The molecule has 0 saturated carbocycles. The third kappa shape index (κ3) is 4.48. The molecule has 1 N–H and O–H groups in total. The Bertz CT molecular complexity index is 1250. The number of benzene rings is 2. The zero-order valence-electron chi connectivity index (χ0n) is 21.1. The molecule has 8 nitrogen and oxygen atoms in total. The predicted molar refractivity (Wildman–Crippen MR) is 134 cm³/mol. The van der Waals surface area contributed by atoms with Gasteiger partial charge >= 0.3 is 0 Å². The highest BCUT2D eigenvalue weighted by Crippen LogP contribution is 2.40. The predicted octanol–water partition coefficient (Wildman–Crippen LogP) is 3.93. The lowest BCUT2D eigenvalue weighted by atomic mass is 9.91. The molecule has 8 heteroatoms. The van der Waals surface area contributed by atoms with Gasteiger partial charge in [0.05, 0.1) is 32.1 Å². The first-order valence-corrected chi connectivity index (χ1v) is 11.6. The van der Waals surface area contributed by atoms with Crippen molar-refractivity contribution in [3.8, 4) is 11.5 Å². The van der Waals surface area contributed by atoms with Crippen LogP contribution in [0.5, 0.6) is 11.5 Å². The minimum atomic E-state index is -1.26. The second kappa shape index (κ2) is 9.09. The SMILES string of the molecule is COc1ccc(N2C(=O)c3cc(C(C)(C)C)nn3CC2(C)C(=O)NCc2ccccc2)c(OC)c1. The van der Waals surface area contributed by atoms with E-state index in [1.807, 2.05) is 57.2 Å². The van der Waals surface area contributed by atoms with Crippen molar-refractivity contribution < 1.29 is 19.1 Å². The Hall–Kier alpha value is -3.81. The fourth-order valence-electron chi connectivity index (χ4n) is 4.26. The summed E-state index contributed by atoms with van der Waals surface area (Å²) in [6, 6.07) is 16.7. The highest BCUT2D eigenvalue weighted by Gasteiger charge is 2.50. The van der Waals surface area contributed by atoms with Crippen molar-refractivity contribution in [1.82, 2.24) is 15.1 Å². The first-order chi connectivity index (χ1) is 16.6. The topological polar surface area (TPSA) is 85.7 Å². The lowest BCUT2D eigenvalue weighted by Gasteiger charge is -2.43. The van der Waals surface area contributed by atoms with Gasteiger partial charge in [-0.2, -0.15) is 5.10 Å². The highest BCUT2D eigenvalue weighted by atomic mass is 16.5. The molecule has 0 aliphatic carbocycles. The number of amides is 2. The summed E-state index contributed by atoms with van der Waals surface area (Å²) in [6.07, 6.45) is 0. The van der Waals surface area contributed by atoms with E-state index in [0.29, 0.717) is 29.4 Å². The van der Waals surface area contributed by atoms with Crippen LogP contribution < -0.4 is 19.7 Å². The molecule has 4 rings (SSSR count). The number of carbonyl (C=O) groups excluding carboxylic acids is 2. The average Bonchev–Trinajstić information content (AvgIpc) is 3.28. The molecule has 1 atom stereocenters. The molecule has 1 aliphatic heterocycles. The van der Waals surface area contributed by atoms with Gasteiger partial charge in [0.1, 0.15) is 22.7 Å². The van der Waals surface area contributed by atoms with Crippen LogP contribution in [0.25, 0.3) is 0 Å². The lowest BCUT2D eigenvalue weighted by molar-refractivity contribution is -0.126. The van der Waals surface area contributed by atoms with E-state index in [4.69, 9.17) is 14.6 Å². The minimum absolute atomic E-state index is 0.194. The first-order valence-electron chi connectivity index (χ1n) is 11.6. The van der Waals surface area contributed by atoms with Crippen LogP contribution in [-0.4, -0.2) is 41.4 Å². The number of hydrogen-bond acceptors (Lipinski definition) is 5. The monoisotopic (exact) mass is 476 g/mol. The fourth-order valence-corrected chi connectivity index (χ4v) is 4.26. The van der Waals surface area contributed by atoms with Crippen LogP contribution >= 0.6 is 0 Å². The molecular weight excluding hydrogens is 444 g/mol. The molecule has 0 bridgehead atoms. The van der Waals surface area contributed by atoms with Gasteiger partial charge in [-0.05, 0) is 30.7 Å². The molecule has 0 fully saturated rings. The Morgan fingerprint density at radius 2 is 1.80 bits per heavy atom. The van der Waals surface area contributed by atoms with Gasteiger partial charge in [-0.25, -0.2) is 0 Å². The largest absolute Gasteiger partial charge is 0.497 e. The maximum Gasteiger partial charge on any atom is 0.277 e. The molecule has 0 spiro atoms. The summed E-state index contributed by atoms with van der Waals surface area (Å²) >= 11 is 0. The Labute approximate surface area is 205 Å². The first kappa shape index (κ1) is 24.3. The van der Waals surface area contributed by atoms with Crippen molar-refractivity contribution in [3.63, 3.8) is 0 Å². The molecule has 184 valence electrons. The number of methoxy groups -OCH3 is 2. The number of nitrogens with zero attached hydrogens (tertiary/aromatic N) is 3. The van der Waals surface area contributed by atoms with E-state index in [0.717, 1.165) is 11.3 Å². The molecule has 3 aromatic rings. The van der Waals surface area contributed by atoms with Crippen LogP contribution in [0.15, 0.2) is 54.6 Å². The normalized spacial score (nSPS) is 17.7. The number of anilines is 1. The highest BCUT2D eigenvalue weighted by molar-refractivity contribution is 6.12. The second-order valence-corrected chi connectivity index (χ2v) is 9.94. The summed E-state index contributed by atoms with van der Waals surface area (Å²) < 4.78 is 12.6. The molecule has 2 heterocycles. The maximum atomic E-state index is 14.0. The summed E-state index contributed by atoms with van der Waals surface area (Å²) in [5, 5.41) is 7.72. The fraction of sp³-hybridized carbons (Fsp3) is 0.370. The van der Waals surface area contributed by atoms with Crippen molar-refractivity contribution in [3.05, 3.63) is 71.5 Å². The van der Waals surface area contributed by atoms with Crippen molar-refractivity contribution in [1.29, 1.82) is 0 Å². The van der Waals surface area contributed by atoms with Gasteiger partial charge in [0.25, 0.3) is 5.91 Å². The van der Waals surface area contributed by atoms with E-state index < -0.39 is 5.54 Å². The maximum absolute atomic E-state index is 14.0. The molecule has 35 heavy (non-hydrogen) atoms. The van der Waals surface area contributed by atoms with Gasteiger partial charge < -0.3 is 14.8 Å². The smallest absolute Gasteiger partial charge is 0.277 e. The molecule has 0 saturated heterocycles. The van der Waals surface area contributed by atoms with Crippen LogP contribution in [0, 0.1) is 0 Å².